The quantitative estimate of drug-likeness (QED) is 0.489. The van der Waals surface area contributed by atoms with Crippen LogP contribution in [0.3, 0.4) is 0 Å². The van der Waals surface area contributed by atoms with Crippen LogP contribution >= 0.6 is 0 Å². The second kappa shape index (κ2) is 8.06. The summed E-state index contributed by atoms with van der Waals surface area (Å²) in [5, 5.41) is 0. The fraction of sp³-hybridized carbons (Fsp3) is 0.130. The van der Waals surface area contributed by atoms with Crippen LogP contribution in [0.4, 0.5) is 0 Å². The lowest BCUT2D eigenvalue weighted by Gasteiger charge is -2.13. The maximum absolute atomic E-state index is 12.0. The van der Waals surface area contributed by atoms with Gasteiger partial charge in [0.15, 0.2) is 0 Å². The first kappa shape index (κ1) is 18.6. The molecule has 1 aromatic heterocycles. The van der Waals surface area contributed by atoms with Crippen LogP contribution in [0.2, 0.25) is 0 Å². The normalized spacial score (nSPS) is 10.7. The van der Waals surface area contributed by atoms with Crippen molar-refractivity contribution in [3.8, 4) is 22.9 Å². The largest absolute Gasteiger partial charge is 0.496 e. The number of carbonyl (C=O) groups is 1. The van der Waals surface area contributed by atoms with Gasteiger partial charge in [0.05, 0.1) is 25.3 Å². The molecule has 1 N–H and O–H groups in total. The van der Waals surface area contributed by atoms with E-state index in [9.17, 15) is 4.79 Å². The van der Waals surface area contributed by atoms with E-state index < -0.39 is 5.97 Å². The molecule has 0 fully saturated rings. The third kappa shape index (κ3) is 3.78. The Balaban J connectivity index is 1.64. The molecule has 0 spiro atoms. The van der Waals surface area contributed by atoms with Crippen LogP contribution in [-0.2, 0) is 11.3 Å². The lowest BCUT2D eigenvalue weighted by molar-refractivity contribution is 0.0595. The summed E-state index contributed by atoms with van der Waals surface area (Å²) in [7, 11) is 2.96. The lowest BCUT2D eigenvalue weighted by atomic mass is 10.1. The molecular formula is C23H20N2O4. The number of esters is 1. The zero-order valence-electron chi connectivity index (χ0n) is 16.1. The molecule has 0 bridgehead atoms. The van der Waals surface area contributed by atoms with Crippen molar-refractivity contribution in [1.82, 2.24) is 9.97 Å². The molecule has 6 heteroatoms. The summed E-state index contributed by atoms with van der Waals surface area (Å²) in [6.45, 7) is 0.227. The summed E-state index contributed by atoms with van der Waals surface area (Å²) in [5.74, 6) is 1.48. The predicted octanol–water partition coefficient (Wildman–Crippen LogP) is 4.60. The Morgan fingerprint density at radius 3 is 2.55 bits per heavy atom. The number of nitrogens with zero attached hydrogens (tertiary/aromatic N) is 1. The second-order valence-corrected chi connectivity index (χ2v) is 6.41. The van der Waals surface area contributed by atoms with Crippen LogP contribution in [0.15, 0.2) is 66.7 Å². The zero-order chi connectivity index (χ0) is 20.2. The minimum absolute atomic E-state index is 0.227. The number of hydrogen-bond acceptors (Lipinski definition) is 5. The van der Waals surface area contributed by atoms with Crippen LogP contribution in [0.1, 0.15) is 15.9 Å². The van der Waals surface area contributed by atoms with Gasteiger partial charge in [0.1, 0.15) is 29.5 Å². The van der Waals surface area contributed by atoms with E-state index in [1.165, 1.54) is 7.11 Å². The number of methoxy groups -OCH3 is 2. The van der Waals surface area contributed by atoms with Gasteiger partial charge < -0.3 is 19.2 Å². The number of benzene rings is 3. The highest BCUT2D eigenvalue weighted by Gasteiger charge is 2.14. The first-order chi connectivity index (χ1) is 14.2. The summed E-state index contributed by atoms with van der Waals surface area (Å²) in [4.78, 5) is 19.9. The SMILES string of the molecule is COC(=O)c1ccccc1OCc1cc(-c2nc3ccccc3[nH]2)ccc1OC. The number of ether oxygens (including phenoxy) is 3. The Morgan fingerprint density at radius 1 is 0.966 bits per heavy atom. The third-order valence-electron chi connectivity index (χ3n) is 4.62. The van der Waals surface area contributed by atoms with E-state index in [0.717, 1.165) is 28.0 Å². The summed E-state index contributed by atoms with van der Waals surface area (Å²) < 4.78 is 16.2. The monoisotopic (exact) mass is 388 g/mol. The number of H-pyrrole nitrogens is 1. The average molecular weight is 388 g/mol. The van der Waals surface area contributed by atoms with Crippen LogP contribution in [0, 0.1) is 0 Å². The van der Waals surface area contributed by atoms with E-state index in [4.69, 9.17) is 14.2 Å². The van der Waals surface area contributed by atoms with Crippen molar-refractivity contribution in [2.45, 2.75) is 6.61 Å². The average Bonchev–Trinajstić information content (AvgIpc) is 3.21. The van der Waals surface area contributed by atoms with Crippen LogP contribution < -0.4 is 9.47 Å². The number of nitrogens with one attached hydrogen (secondary N) is 1. The summed E-state index contributed by atoms with van der Waals surface area (Å²) in [6, 6.07) is 20.7. The third-order valence-corrected chi connectivity index (χ3v) is 4.62. The Bertz CT molecular complexity index is 1130. The van der Waals surface area contributed by atoms with Crippen molar-refractivity contribution in [1.29, 1.82) is 0 Å². The molecular weight excluding hydrogens is 368 g/mol. The Labute approximate surface area is 168 Å². The van der Waals surface area contributed by atoms with E-state index in [2.05, 4.69) is 9.97 Å². The molecule has 0 saturated heterocycles. The number of aromatic nitrogens is 2. The highest BCUT2D eigenvalue weighted by Crippen LogP contribution is 2.28. The highest BCUT2D eigenvalue weighted by molar-refractivity contribution is 5.92. The summed E-state index contributed by atoms with van der Waals surface area (Å²) in [6.07, 6.45) is 0. The van der Waals surface area contributed by atoms with Crippen LogP contribution in [0.25, 0.3) is 22.4 Å². The number of aromatic amines is 1. The minimum atomic E-state index is -0.441. The van der Waals surface area contributed by atoms with Crippen molar-refractivity contribution in [3.05, 3.63) is 77.9 Å². The van der Waals surface area contributed by atoms with Crippen molar-refractivity contribution in [3.63, 3.8) is 0 Å². The molecule has 3 aromatic carbocycles. The Kier molecular flexibility index (Phi) is 5.16. The second-order valence-electron chi connectivity index (χ2n) is 6.41. The fourth-order valence-electron chi connectivity index (χ4n) is 3.15. The van der Waals surface area contributed by atoms with Gasteiger partial charge in [-0.2, -0.15) is 0 Å². The number of carbonyl (C=O) groups excluding carboxylic acids is 1. The van der Waals surface area contributed by atoms with E-state index in [-0.39, 0.29) is 6.61 Å². The zero-order valence-corrected chi connectivity index (χ0v) is 16.1. The summed E-state index contributed by atoms with van der Waals surface area (Å²) in [5.41, 5.74) is 4.01. The molecule has 0 unspecified atom stereocenters. The van der Waals surface area contributed by atoms with Gasteiger partial charge in [-0.3, -0.25) is 0 Å². The number of rotatable bonds is 6. The van der Waals surface area contributed by atoms with E-state index >= 15 is 0 Å². The van der Waals surface area contributed by atoms with Crippen molar-refractivity contribution in [2.75, 3.05) is 14.2 Å². The summed E-state index contributed by atoms with van der Waals surface area (Å²) >= 11 is 0. The molecule has 29 heavy (non-hydrogen) atoms. The lowest BCUT2D eigenvalue weighted by Crippen LogP contribution is -2.06. The van der Waals surface area contributed by atoms with Gasteiger partial charge in [-0.1, -0.05) is 24.3 Å². The molecule has 0 saturated carbocycles. The van der Waals surface area contributed by atoms with E-state index in [0.29, 0.717) is 17.1 Å². The van der Waals surface area contributed by atoms with E-state index in [1.807, 2.05) is 48.5 Å². The fourth-order valence-corrected chi connectivity index (χ4v) is 3.15. The maximum atomic E-state index is 12.0. The molecule has 0 aliphatic rings. The maximum Gasteiger partial charge on any atom is 0.341 e. The molecule has 0 atom stereocenters. The smallest absolute Gasteiger partial charge is 0.341 e. The molecule has 146 valence electrons. The minimum Gasteiger partial charge on any atom is -0.496 e. The highest BCUT2D eigenvalue weighted by atomic mass is 16.5. The topological polar surface area (TPSA) is 73.4 Å². The van der Waals surface area contributed by atoms with Gasteiger partial charge >= 0.3 is 5.97 Å². The number of fused-ring (bicyclic) bond motifs is 1. The molecule has 0 amide bonds. The molecule has 4 aromatic rings. The van der Waals surface area contributed by atoms with Gasteiger partial charge in [0.25, 0.3) is 0 Å². The molecule has 1 heterocycles. The molecule has 0 aliphatic heterocycles. The number of hydrogen-bond donors (Lipinski definition) is 1. The predicted molar refractivity (Wildman–Crippen MR) is 110 cm³/mol. The van der Waals surface area contributed by atoms with E-state index in [1.54, 1.807) is 25.3 Å². The molecule has 6 nitrogen and oxygen atoms in total. The number of imidazole rings is 1. The Hall–Kier alpha value is -3.80. The molecule has 4 rings (SSSR count). The van der Waals surface area contributed by atoms with Gasteiger partial charge in [0.2, 0.25) is 0 Å². The molecule has 0 aliphatic carbocycles. The van der Waals surface area contributed by atoms with Gasteiger partial charge in [-0.05, 0) is 42.5 Å². The van der Waals surface area contributed by atoms with Crippen LogP contribution in [0.5, 0.6) is 11.5 Å². The first-order valence-corrected chi connectivity index (χ1v) is 9.12. The van der Waals surface area contributed by atoms with Crippen LogP contribution in [-0.4, -0.2) is 30.2 Å². The van der Waals surface area contributed by atoms with Gasteiger partial charge in [-0.25, -0.2) is 9.78 Å². The van der Waals surface area contributed by atoms with Crippen molar-refractivity contribution >= 4 is 17.0 Å². The standard InChI is InChI=1S/C23H20N2O4/c1-27-20-12-11-15(22-24-18-8-4-5-9-19(18)25-22)13-16(20)14-29-21-10-6-3-7-17(21)23(26)28-2/h3-13H,14H2,1-2H3,(H,24,25). The van der Waals surface area contributed by atoms with Crippen molar-refractivity contribution in [2.24, 2.45) is 0 Å². The first-order valence-electron chi connectivity index (χ1n) is 9.12. The van der Waals surface area contributed by atoms with Gasteiger partial charge in [0, 0.05) is 11.1 Å². The number of para-hydroxylation sites is 3. The molecule has 0 radical (unpaired) electrons. The van der Waals surface area contributed by atoms with Crippen molar-refractivity contribution < 1.29 is 19.0 Å². The Morgan fingerprint density at radius 2 is 1.76 bits per heavy atom. The van der Waals surface area contributed by atoms with Gasteiger partial charge in [-0.15, -0.1) is 0 Å².